The molecule has 0 radical (unpaired) electrons. The van der Waals surface area contributed by atoms with Gasteiger partial charge in [0, 0.05) is 31.4 Å². The number of benzene rings is 1. The molecule has 7 heteroatoms. The molecule has 0 fully saturated rings. The van der Waals surface area contributed by atoms with Gasteiger partial charge in [0.2, 0.25) is 6.10 Å². The van der Waals surface area contributed by atoms with Gasteiger partial charge in [-0.15, -0.1) is 0 Å². The smallest absolute Gasteiger partial charge is 0.340 e. The first-order valence-electron chi connectivity index (χ1n) is 10.1. The van der Waals surface area contributed by atoms with Gasteiger partial charge in [-0.05, 0) is 25.8 Å². The first-order chi connectivity index (χ1) is 14.2. The number of rotatable bonds is 6. The van der Waals surface area contributed by atoms with Crippen LogP contribution < -0.4 is 0 Å². The Hall–Kier alpha value is -3.22. The van der Waals surface area contributed by atoms with E-state index in [1.807, 2.05) is 45.9 Å². The van der Waals surface area contributed by atoms with E-state index in [1.54, 1.807) is 43.2 Å². The Bertz CT molecular complexity index is 1060. The third-order valence-electron chi connectivity index (χ3n) is 4.88. The fraction of sp³-hybridized carbons (Fsp3) is 0.391. The van der Waals surface area contributed by atoms with Crippen LogP contribution >= 0.6 is 0 Å². The maximum Gasteiger partial charge on any atom is 0.340 e. The van der Waals surface area contributed by atoms with E-state index in [4.69, 9.17) is 9.72 Å². The summed E-state index contributed by atoms with van der Waals surface area (Å²) >= 11 is 0. The van der Waals surface area contributed by atoms with Crippen LogP contribution in [-0.2, 0) is 9.53 Å². The highest BCUT2D eigenvalue weighted by molar-refractivity contribution is 6.03. The van der Waals surface area contributed by atoms with Crippen LogP contribution in [0.2, 0.25) is 0 Å². The molecule has 3 rings (SSSR count). The van der Waals surface area contributed by atoms with Crippen LogP contribution in [0.4, 0.5) is 0 Å². The standard InChI is InChI=1S/C23H28N4O3/c1-14(2)19-12-17(18-13-24-27(15(3)4)21(18)25-19)23(29)30-20(22(28)26(5)6)16-10-8-7-9-11-16/h7-15,20H,1-6H3/t20-/m0/s1. The molecule has 0 bridgehead atoms. The first kappa shape index (κ1) is 21.5. The average Bonchev–Trinajstić information content (AvgIpc) is 3.15. The Morgan fingerprint density at radius 3 is 2.30 bits per heavy atom. The van der Waals surface area contributed by atoms with Crippen molar-refractivity contribution in [2.24, 2.45) is 0 Å². The van der Waals surface area contributed by atoms with E-state index in [0.717, 1.165) is 5.69 Å². The maximum absolute atomic E-state index is 13.3. The minimum atomic E-state index is -1.03. The molecule has 158 valence electrons. The van der Waals surface area contributed by atoms with Crippen LogP contribution in [0.15, 0.2) is 42.6 Å². The van der Waals surface area contributed by atoms with E-state index in [9.17, 15) is 9.59 Å². The van der Waals surface area contributed by atoms with Gasteiger partial charge in [0.1, 0.15) is 0 Å². The van der Waals surface area contributed by atoms with Crippen molar-refractivity contribution in [3.8, 4) is 0 Å². The molecular weight excluding hydrogens is 380 g/mol. The topological polar surface area (TPSA) is 77.3 Å². The number of hydrogen-bond donors (Lipinski definition) is 0. The molecule has 0 N–H and O–H groups in total. The second-order valence-corrected chi connectivity index (χ2v) is 8.10. The normalized spacial score (nSPS) is 12.4. The summed E-state index contributed by atoms with van der Waals surface area (Å²) in [6.07, 6.45) is 0.605. The molecule has 0 aliphatic heterocycles. The Kier molecular flexibility index (Phi) is 6.20. The van der Waals surface area contributed by atoms with Crippen LogP contribution in [-0.4, -0.2) is 45.6 Å². The van der Waals surface area contributed by atoms with Crippen LogP contribution in [0.3, 0.4) is 0 Å². The summed E-state index contributed by atoms with van der Waals surface area (Å²) in [4.78, 5) is 32.2. The Balaban J connectivity index is 2.07. The van der Waals surface area contributed by atoms with Gasteiger partial charge >= 0.3 is 5.97 Å². The van der Waals surface area contributed by atoms with Crippen LogP contribution in [0, 0.1) is 0 Å². The van der Waals surface area contributed by atoms with Gasteiger partial charge in [-0.25, -0.2) is 14.5 Å². The quantitative estimate of drug-likeness (QED) is 0.573. The molecule has 0 unspecified atom stereocenters. The molecular formula is C23H28N4O3. The van der Waals surface area contributed by atoms with Gasteiger partial charge in [-0.3, -0.25) is 4.79 Å². The van der Waals surface area contributed by atoms with E-state index in [2.05, 4.69) is 5.10 Å². The van der Waals surface area contributed by atoms with E-state index in [0.29, 0.717) is 22.2 Å². The lowest BCUT2D eigenvalue weighted by molar-refractivity contribution is -0.138. The van der Waals surface area contributed by atoms with Gasteiger partial charge in [0.05, 0.1) is 17.1 Å². The number of fused-ring (bicyclic) bond motifs is 1. The minimum absolute atomic E-state index is 0.0914. The summed E-state index contributed by atoms with van der Waals surface area (Å²) in [5, 5.41) is 5.02. The highest BCUT2D eigenvalue weighted by Gasteiger charge is 2.29. The second-order valence-electron chi connectivity index (χ2n) is 8.10. The number of aromatic nitrogens is 3. The molecule has 30 heavy (non-hydrogen) atoms. The number of esters is 1. The summed E-state index contributed by atoms with van der Waals surface area (Å²) in [6.45, 7) is 8.05. The fourth-order valence-electron chi connectivity index (χ4n) is 3.17. The van der Waals surface area contributed by atoms with Crippen molar-refractivity contribution in [1.82, 2.24) is 19.7 Å². The van der Waals surface area contributed by atoms with E-state index >= 15 is 0 Å². The van der Waals surface area contributed by atoms with Crippen molar-refractivity contribution in [1.29, 1.82) is 0 Å². The van der Waals surface area contributed by atoms with Gasteiger partial charge in [0.25, 0.3) is 5.91 Å². The zero-order chi connectivity index (χ0) is 22.0. The molecule has 1 aromatic carbocycles. The van der Waals surface area contributed by atoms with Crippen molar-refractivity contribution in [2.45, 2.75) is 45.8 Å². The molecule has 3 aromatic rings. The second kappa shape index (κ2) is 8.65. The number of carbonyl (C=O) groups is 2. The Morgan fingerprint density at radius 2 is 1.73 bits per heavy atom. The number of nitrogens with zero attached hydrogens (tertiary/aromatic N) is 4. The van der Waals surface area contributed by atoms with E-state index < -0.39 is 12.1 Å². The highest BCUT2D eigenvalue weighted by Crippen LogP contribution is 2.27. The molecule has 0 spiro atoms. The molecule has 1 atom stereocenters. The molecule has 2 heterocycles. The summed E-state index contributed by atoms with van der Waals surface area (Å²) < 4.78 is 7.55. The Labute approximate surface area is 176 Å². The van der Waals surface area contributed by atoms with E-state index in [-0.39, 0.29) is 17.9 Å². The summed E-state index contributed by atoms with van der Waals surface area (Å²) in [5.41, 5.74) is 2.39. The molecule has 0 saturated heterocycles. The molecule has 0 aliphatic carbocycles. The SMILES string of the molecule is CC(C)c1cc(C(=O)O[C@H](C(=O)N(C)C)c2ccccc2)c2cnn(C(C)C)c2n1. The Morgan fingerprint density at radius 1 is 1.07 bits per heavy atom. The lowest BCUT2D eigenvalue weighted by Gasteiger charge is -2.21. The molecule has 7 nitrogen and oxygen atoms in total. The minimum Gasteiger partial charge on any atom is -0.444 e. The van der Waals surface area contributed by atoms with Crippen LogP contribution in [0.1, 0.15) is 67.4 Å². The summed E-state index contributed by atoms with van der Waals surface area (Å²) in [6, 6.07) is 10.9. The lowest BCUT2D eigenvalue weighted by atomic mass is 10.0. The largest absolute Gasteiger partial charge is 0.444 e. The van der Waals surface area contributed by atoms with Crippen molar-refractivity contribution in [2.75, 3.05) is 14.1 Å². The number of pyridine rings is 1. The van der Waals surface area contributed by atoms with Gasteiger partial charge in [0.15, 0.2) is 5.65 Å². The number of carbonyl (C=O) groups excluding carboxylic acids is 2. The first-order valence-corrected chi connectivity index (χ1v) is 10.1. The van der Waals surface area contributed by atoms with Gasteiger partial charge in [-0.2, -0.15) is 5.10 Å². The third-order valence-corrected chi connectivity index (χ3v) is 4.88. The average molecular weight is 409 g/mol. The van der Waals surface area contributed by atoms with Crippen molar-refractivity contribution < 1.29 is 14.3 Å². The number of amides is 1. The van der Waals surface area contributed by atoms with Crippen molar-refractivity contribution in [3.63, 3.8) is 0 Å². The van der Waals surface area contributed by atoms with Crippen molar-refractivity contribution >= 4 is 22.9 Å². The summed E-state index contributed by atoms with van der Waals surface area (Å²) in [7, 11) is 3.28. The predicted molar refractivity (Wildman–Crippen MR) is 115 cm³/mol. The summed E-state index contributed by atoms with van der Waals surface area (Å²) in [5.74, 6) is -0.761. The monoisotopic (exact) mass is 408 g/mol. The number of ether oxygens (including phenoxy) is 1. The zero-order valence-electron chi connectivity index (χ0n) is 18.3. The molecule has 1 amide bonds. The van der Waals surface area contributed by atoms with Crippen LogP contribution in [0.25, 0.3) is 11.0 Å². The zero-order valence-corrected chi connectivity index (χ0v) is 18.3. The fourth-order valence-corrected chi connectivity index (χ4v) is 3.17. The molecule has 0 saturated carbocycles. The van der Waals surface area contributed by atoms with Crippen LogP contribution in [0.5, 0.6) is 0 Å². The maximum atomic E-state index is 13.3. The number of likely N-dealkylation sites (N-methyl/N-ethyl adjacent to an activating group) is 1. The van der Waals surface area contributed by atoms with Gasteiger partial charge in [-0.1, -0.05) is 44.2 Å². The van der Waals surface area contributed by atoms with Crippen molar-refractivity contribution in [3.05, 3.63) is 59.4 Å². The third kappa shape index (κ3) is 4.20. The van der Waals surface area contributed by atoms with E-state index in [1.165, 1.54) is 4.90 Å². The highest BCUT2D eigenvalue weighted by atomic mass is 16.5. The van der Waals surface area contributed by atoms with Gasteiger partial charge < -0.3 is 9.64 Å². The molecule has 2 aromatic heterocycles. The predicted octanol–water partition coefficient (Wildman–Crippen LogP) is 4.12. The lowest BCUT2D eigenvalue weighted by Crippen LogP contribution is -2.31. The number of hydrogen-bond acceptors (Lipinski definition) is 5. The molecule has 0 aliphatic rings.